The fraction of sp³-hybridized carbons (Fsp3) is 0.0952. The number of nitrogens with zero attached hydrogens (tertiary/aromatic N) is 1. The molecule has 1 unspecified atom stereocenters. The number of aromatic nitrogens is 1. The van der Waals surface area contributed by atoms with Crippen molar-refractivity contribution in [3.63, 3.8) is 0 Å². The van der Waals surface area contributed by atoms with Crippen molar-refractivity contribution in [1.82, 2.24) is 4.98 Å². The van der Waals surface area contributed by atoms with Crippen molar-refractivity contribution in [2.24, 2.45) is 5.92 Å². The Morgan fingerprint density at radius 3 is 2.77 bits per heavy atom. The second kappa shape index (κ2) is 8.08. The molecule has 2 amide bonds. The number of carbonyl (C=O) groups excluding carboxylic acids is 2. The number of anilines is 2. The van der Waals surface area contributed by atoms with Crippen molar-refractivity contribution in [3.8, 4) is 11.5 Å². The van der Waals surface area contributed by atoms with Crippen LogP contribution in [0.1, 0.15) is 5.56 Å². The lowest BCUT2D eigenvalue weighted by molar-refractivity contribution is -0.129. The first-order valence-corrected chi connectivity index (χ1v) is 9.26. The molecule has 2 N–H and O–H groups in total. The zero-order valence-electron chi connectivity index (χ0n) is 15.3. The quantitative estimate of drug-likeness (QED) is 0.471. The summed E-state index contributed by atoms with van der Waals surface area (Å²) in [5.74, 6) is -4.37. The SMILES string of the molecule is O=C(Nc1cc(F)c(Oc2ccnc(Cl)c2)cc1F)C1Cc2ccccc2NC1=O. The molecule has 0 fully saturated rings. The topological polar surface area (TPSA) is 80.3 Å². The van der Waals surface area contributed by atoms with Gasteiger partial charge < -0.3 is 15.4 Å². The Labute approximate surface area is 174 Å². The van der Waals surface area contributed by atoms with E-state index >= 15 is 0 Å². The number of amides is 2. The molecule has 1 atom stereocenters. The molecule has 1 aromatic heterocycles. The summed E-state index contributed by atoms with van der Waals surface area (Å²) >= 11 is 5.74. The largest absolute Gasteiger partial charge is 0.454 e. The molecular formula is C21H14ClF2N3O3. The second-order valence-corrected chi connectivity index (χ2v) is 6.96. The highest BCUT2D eigenvalue weighted by Gasteiger charge is 2.32. The summed E-state index contributed by atoms with van der Waals surface area (Å²) in [4.78, 5) is 28.6. The molecule has 1 aliphatic heterocycles. The average Bonchev–Trinajstić information content (AvgIpc) is 2.71. The number of para-hydroxylation sites is 1. The minimum Gasteiger partial charge on any atom is -0.454 e. The molecule has 0 spiro atoms. The van der Waals surface area contributed by atoms with Crippen LogP contribution < -0.4 is 15.4 Å². The van der Waals surface area contributed by atoms with Gasteiger partial charge in [0.25, 0.3) is 0 Å². The Hall–Kier alpha value is -3.52. The molecule has 3 aromatic rings. The molecule has 0 saturated heterocycles. The number of rotatable bonds is 4. The van der Waals surface area contributed by atoms with Gasteiger partial charge in [0.2, 0.25) is 11.8 Å². The first-order chi connectivity index (χ1) is 14.4. The lowest BCUT2D eigenvalue weighted by Crippen LogP contribution is -2.38. The number of hydrogen-bond acceptors (Lipinski definition) is 4. The van der Waals surface area contributed by atoms with Crippen LogP contribution in [0.3, 0.4) is 0 Å². The number of ether oxygens (including phenoxy) is 1. The highest BCUT2D eigenvalue weighted by Crippen LogP contribution is 2.31. The van der Waals surface area contributed by atoms with E-state index in [4.69, 9.17) is 16.3 Å². The van der Waals surface area contributed by atoms with Crippen molar-refractivity contribution in [2.45, 2.75) is 6.42 Å². The maximum Gasteiger partial charge on any atom is 0.237 e. The van der Waals surface area contributed by atoms with Crippen LogP contribution in [0.2, 0.25) is 5.15 Å². The number of pyridine rings is 1. The van der Waals surface area contributed by atoms with Crippen molar-refractivity contribution in [3.05, 3.63) is 77.1 Å². The van der Waals surface area contributed by atoms with E-state index in [-0.39, 0.29) is 17.3 Å². The molecule has 1 aliphatic rings. The first-order valence-electron chi connectivity index (χ1n) is 8.89. The molecule has 152 valence electrons. The van der Waals surface area contributed by atoms with Gasteiger partial charge in [-0.15, -0.1) is 0 Å². The molecule has 4 rings (SSSR count). The molecule has 0 bridgehead atoms. The Balaban J connectivity index is 1.51. The Kier molecular flexibility index (Phi) is 5.33. The zero-order valence-corrected chi connectivity index (χ0v) is 16.0. The summed E-state index contributed by atoms with van der Waals surface area (Å²) in [7, 11) is 0. The van der Waals surface area contributed by atoms with Crippen LogP contribution in [-0.4, -0.2) is 16.8 Å². The maximum absolute atomic E-state index is 14.5. The van der Waals surface area contributed by atoms with E-state index in [1.807, 2.05) is 0 Å². The number of halogens is 3. The highest BCUT2D eigenvalue weighted by atomic mass is 35.5. The molecular weight excluding hydrogens is 416 g/mol. The zero-order chi connectivity index (χ0) is 21.3. The van der Waals surface area contributed by atoms with Gasteiger partial charge in [-0.05, 0) is 24.1 Å². The Morgan fingerprint density at radius 2 is 1.97 bits per heavy atom. The van der Waals surface area contributed by atoms with Crippen LogP contribution >= 0.6 is 11.6 Å². The minimum atomic E-state index is -1.07. The third-order valence-corrected chi connectivity index (χ3v) is 4.74. The van der Waals surface area contributed by atoms with E-state index in [1.165, 1.54) is 18.3 Å². The van der Waals surface area contributed by atoms with Crippen LogP contribution in [0.25, 0.3) is 0 Å². The van der Waals surface area contributed by atoms with E-state index < -0.39 is 40.8 Å². The van der Waals surface area contributed by atoms with E-state index in [0.717, 1.165) is 17.7 Å². The lowest BCUT2D eigenvalue weighted by Gasteiger charge is -2.24. The predicted octanol–water partition coefficient (Wildman–Crippen LogP) is 4.56. The number of benzene rings is 2. The monoisotopic (exact) mass is 429 g/mol. The average molecular weight is 430 g/mol. The fourth-order valence-electron chi connectivity index (χ4n) is 3.06. The van der Waals surface area contributed by atoms with Crippen molar-refractivity contribution in [1.29, 1.82) is 0 Å². The first kappa shape index (κ1) is 19.8. The fourth-order valence-corrected chi connectivity index (χ4v) is 3.23. The molecule has 0 saturated carbocycles. The summed E-state index contributed by atoms with van der Waals surface area (Å²) in [5.41, 5.74) is 1.01. The number of nitrogens with one attached hydrogen (secondary N) is 2. The molecule has 9 heteroatoms. The number of fused-ring (bicyclic) bond motifs is 1. The van der Waals surface area contributed by atoms with Gasteiger partial charge in [0.1, 0.15) is 16.8 Å². The van der Waals surface area contributed by atoms with E-state index in [2.05, 4.69) is 15.6 Å². The molecule has 0 radical (unpaired) electrons. The summed E-state index contributed by atoms with van der Waals surface area (Å²) in [6.07, 6.45) is 1.51. The van der Waals surface area contributed by atoms with Gasteiger partial charge in [-0.3, -0.25) is 9.59 Å². The molecule has 6 nitrogen and oxygen atoms in total. The summed E-state index contributed by atoms with van der Waals surface area (Å²) in [6, 6.07) is 11.4. The molecule has 30 heavy (non-hydrogen) atoms. The van der Waals surface area contributed by atoms with Gasteiger partial charge >= 0.3 is 0 Å². The van der Waals surface area contributed by atoms with Gasteiger partial charge in [-0.2, -0.15) is 0 Å². The molecule has 0 aliphatic carbocycles. The van der Waals surface area contributed by atoms with Crippen molar-refractivity contribution in [2.75, 3.05) is 10.6 Å². The standard InChI is InChI=1S/C21H14ClF2N3O3/c22-19-8-12(5-6-25-19)30-18-10-14(23)17(9-15(18)24)27-21(29)13-7-11-3-1-2-4-16(11)26-20(13)28/h1-6,8-10,13H,7H2,(H,26,28)(H,27,29). The summed E-state index contributed by atoms with van der Waals surface area (Å²) in [6.45, 7) is 0. The third-order valence-electron chi connectivity index (χ3n) is 4.54. The summed E-state index contributed by atoms with van der Waals surface area (Å²) < 4.78 is 34.2. The van der Waals surface area contributed by atoms with Gasteiger partial charge in [0.15, 0.2) is 17.4 Å². The third kappa shape index (κ3) is 4.08. The Bertz CT molecular complexity index is 1160. The lowest BCUT2D eigenvalue weighted by atomic mass is 9.92. The van der Waals surface area contributed by atoms with Crippen molar-refractivity contribution < 1.29 is 23.1 Å². The summed E-state index contributed by atoms with van der Waals surface area (Å²) in [5, 5.41) is 5.05. The van der Waals surface area contributed by atoms with E-state index in [1.54, 1.807) is 24.3 Å². The van der Waals surface area contributed by atoms with Crippen molar-refractivity contribution >= 4 is 34.8 Å². The van der Waals surface area contributed by atoms with Gasteiger partial charge in [-0.1, -0.05) is 29.8 Å². The van der Waals surface area contributed by atoms with Crippen LogP contribution in [0, 0.1) is 17.6 Å². The van der Waals surface area contributed by atoms with Gasteiger partial charge in [0, 0.05) is 30.1 Å². The number of carbonyl (C=O) groups is 2. The van der Waals surface area contributed by atoms with E-state index in [9.17, 15) is 18.4 Å². The van der Waals surface area contributed by atoms with Gasteiger partial charge in [0.05, 0.1) is 5.69 Å². The van der Waals surface area contributed by atoms with Crippen LogP contribution in [0.15, 0.2) is 54.7 Å². The van der Waals surface area contributed by atoms with Crippen LogP contribution in [0.5, 0.6) is 11.5 Å². The van der Waals surface area contributed by atoms with E-state index in [0.29, 0.717) is 5.69 Å². The normalized spacial score (nSPS) is 15.2. The molecule has 2 aromatic carbocycles. The highest BCUT2D eigenvalue weighted by molar-refractivity contribution is 6.29. The molecule has 2 heterocycles. The smallest absolute Gasteiger partial charge is 0.237 e. The Morgan fingerprint density at radius 1 is 1.17 bits per heavy atom. The number of hydrogen-bond donors (Lipinski definition) is 2. The second-order valence-electron chi connectivity index (χ2n) is 6.57. The maximum atomic E-state index is 14.5. The predicted molar refractivity (Wildman–Crippen MR) is 107 cm³/mol. The van der Waals surface area contributed by atoms with Gasteiger partial charge in [-0.25, -0.2) is 13.8 Å². The van der Waals surface area contributed by atoms with Crippen LogP contribution in [-0.2, 0) is 16.0 Å². The van der Waals surface area contributed by atoms with Crippen LogP contribution in [0.4, 0.5) is 20.2 Å². The minimum absolute atomic E-state index is 0.129.